The molecular formula is C23H32Cl2FN3OS. The van der Waals surface area contributed by atoms with E-state index in [1.54, 1.807) is 11.8 Å². The van der Waals surface area contributed by atoms with E-state index in [2.05, 4.69) is 10.2 Å². The molecule has 0 bridgehead atoms. The zero-order valence-electron chi connectivity index (χ0n) is 17.8. The van der Waals surface area contributed by atoms with Crippen LogP contribution in [0.1, 0.15) is 70.6 Å². The van der Waals surface area contributed by atoms with Crippen molar-refractivity contribution >= 4 is 52.5 Å². The predicted molar refractivity (Wildman–Crippen MR) is 131 cm³/mol. The number of carbonyl (C=O) groups is 1. The minimum Gasteiger partial charge on any atom is -0.344 e. The van der Waals surface area contributed by atoms with Crippen molar-refractivity contribution in [3.05, 3.63) is 29.0 Å². The van der Waals surface area contributed by atoms with Crippen LogP contribution in [0.25, 0.3) is 0 Å². The first-order valence-electron chi connectivity index (χ1n) is 11.3. The number of hydrogen-bond donors (Lipinski definition) is 1. The third kappa shape index (κ3) is 6.52. The number of rotatable bonds is 5. The van der Waals surface area contributed by atoms with Crippen molar-refractivity contribution in [1.29, 1.82) is 0 Å². The second-order valence-electron chi connectivity index (χ2n) is 8.74. The summed E-state index contributed by atoms with van der Waals surface area (Å²) in [4.78, 5) is 20.4. The normalized spacial score (nSPS) is 24.3. The van der Waals surface area contributed by atoms with Gasteiger partial charge in [0, 0.05) is 29.3 Å². The van der Waals surface area contributed by atoms with Crippen molar-refractivity contribution < 1.29 is 9.18 Å². The molecule has 1 aromatic rings. The number of aliphatic imine (C=N–C) groups is 1. The van der Waals surface area contributed by atoms with Gasteiger partial charge in [0.05, 0.1) is 11.7 Å². The fourth-order valence-corrected chi connectivity index (χ4v) is 6.39. The number of amides is 1. The van der Waals surface area contributed by atoms with Gasteiger partial charge >= 0.3 is 0 Å². The van der Waals surface area contributed by atoms with Crippen LogP contribution < -0.4 is 5.32 Å². The van der Waals surface area contributed by atoms with Gasteiger partial charge in [0.15, 0.2) is 5.17 Å². The molecule has 0 aromatic heterocycles. The van der Waals surface area contributed by atoms with E-state index < -0.39 is 5.82 Å². The summed E-state index contributed by atoms with van der Waals surface area (Å²) in [5, 5.41) is 4.27. The van der Waals surface area contributed by atoms with Gasteiger partial charge in [-0.15, -0.1) is 12.4 Å². The molecule has 2 saturated carbocycles. The highest BCUT2D eigenvalue weighted by atomic mass is 35.5. The SMILES string of the molecule is Cl.O=C(CC1CSC(=NC2CCCCC2)N1C1CCCCC1)Nc1cc(Cl)ccc1F. The van der Waals surface area contributed by atoms with Crippen molar-refractivity contribution in [1.82, 2.24) is 4.90 Å². The fraction of sp³-hybridized carbons (Fsp3) is 0.652. The third-order valence-corrected chi connectivity index (χ3v) is 7.84. The lowest BCUT2D eigenvalue weighted by atomic mass is 9.93. The largest absolute Gasteiger partial charge is 0.344 e. The van der Waals surface area contributed by atoms with Crippen LogP contribution in [0.2, 0.25) is 5.02 Å². The van der Waals surface area contributed by atoms with Crippen LogP contribution in [0.3, 0.4) is 0 Å². The van der Waals surface area contributed by atoms with Gasteiger partial charge in [-0.05, 0) is 43.9 Å². The first kappa shape index (κ1) is 24.7. The summed E-state index contributed by atoms with van der Waals surface area (Å²) in [6, 6.07) is 5.25. The number of nitrogens with one attached hydrogen (secondary N) is 1. The zero-order valence-corrected chi connectivity index (χ0v) is 20.2. The van der Waals surface area contributed by atoms with Crippen molar-refractivity contribution in [3.63, 3.8) is 0 Å². The fourth-order valence-electron chi connectivity index (χ4n) is 4.93. The van der Waals surface area contributed by atoms with E-state index in [9.17, 15) is 9.18 Å². The summed E-state index contributed by atoms with van der Waals surface area (Å²) in [5.41, 5.74) is 0.151. The lowest BCUT2D eigenvalue weighted by Crippen LogP contribution is -2.45. The first-order valence-corrected chi connectivity index (χ1v) is 12.7. The number of amidine groups is 1. The second kappa shape index (κ2) is 11.8. The van der Waals surface area contributed by atoms with Gasteiger partial charge in [-0.3, -0.25) is 9.79 Å². The molecule has 4 rings (SSSR count). The number of carbonyl (C=O) groups excluding carboxylic acids is 1. The molecule has 3 aliphatic rings. The van der Waals surface area contributed by atoms with Crippen LogP contribution >= 0.6 is 35.8 Å². The first-order chi connectivity index (χ1) is 14.6. The number of nitrogens with zero attached hydrogens (tertiary/aromatic N) is 2. The Morgan fingerprint density at radius 3 is 2.52 bits per heavy atom. The summed E-state index contributed by atoms with van der Waals surface area (Å²) in [6.45, 7) is 0. The molecular weight excluding hydrogens is 456 g/mol. The van der Waals surface area contributed by atoms with Crippen LogP contribution in [0.5, 0.6) is 0 Å². The van der Waals surface area contributed by atoms with Gasteiger partial charge in [0.1, 0.15) is 5.82 Å². The zero-order chi connectivity index (χ0) is 20.9. The van der Waals surface area contributed by atoms with Gasteiger partial charge in [-0.1, -0.05) is 61.9 Å². The number of benzene rings is 1. The second-order valence-corrected chi connectivity index (χ2v) is 10.2. The van der Waals surface area contributed by atoms with E-state index in [0.29, 0.717) is 23.5 Å². The Bertz CT molecular complexity index is 782. The molecule has 1 N–H and O–H groups in total. The van der Waals surface area contributed by atoms with Crippen LogP contribution in [0, 0.1) is 5.82 Å². The van der Waals surface area contributed by atoms with Crippen molar-refractivity contribution in [2.24, 2.45) is 4.99 Å². The molecule has 0 spiro atoms. The molecule has 1 unspecified atom stereocenters. The lowest BCUT2D eigenvalue weighted by Gasteiger charge is -2.37. The summed E-state index contributed by atoms with van der Waals surface area (Å²) in [6.07, 6.45) is 12.7. The molecule has 1 aromatic carbocycles. The predicted octanol–water partition coefficient (Wildman–Crippen LogP) is 6.67. The Hall–Kier alpha value is -0.980. The molecule has 1 saturated heterocycles. The van der Waals surface area contributed by atoms with Gasteiger partial charge < -0.3 is 10.2 Å². The molecule has 1 amide bonds. The van der Waals surface area contributed by atoms with E-state index >= 15 is 0 Å². The van der Waals surface area contributed by atoms with Crippen LogP contribution in [-0.4, -0.2) is 39.9 Å². The van der Waals surface area contributed by atoms with Gasteiger partial charge in [0.25, 0.3) is 0 Å². The van der Waals surface area contributed by atoms with Crippen LogP contribution in [-0.2, 0) is 4.79 Å². The summed E-state index contributed by atoms with van der Waals surface area (Å²) in [7, 11) is 0. The standard InChI is InChI=1S/C23H31ClFN3OS.ClH/c24-16-11-12-20(25)21(13-16)27-22(29)14-19-15-30-23(26-17-7-3-1-4-8-17)28(19)18-9-5-2-6-10-18;/h11-13,17-19H,1-10,14-15H2,(H,27,29);1H. The van der Waals surface area contributed by atoms with E-state index in [1.807, 2.05) is 0 Å². The highest BCUT2D eigenvalue weighted by Crippen LogP contribution is 2.35. The monoisotopic (exact) mass is 487 g/mol. The molecule has 1 heterocycles. The van der Waals surface area contributed by atoms with E-state index in [0.717, 1.165) is 10.9 Å². The molecule has 2 aliphatic carbocycles. The molecule has 31 heavy (non-hydrogen) atoms. The Morgan fingerprint density at radius 1 is 1.13 bits per heavy atom. The van der Waals surface area contributed by atoms with Crippen molar-refractivity contribution in [2.75, 3.05) is 11.1 Å². The average Bonchev–Trinajstić information content (AvgIpc) is 3.14. The highest BCUT2D eigenvalue weighted by Gasteiger charge is 2.37. The molecule has 1 aliphatic heterocycles. The number of halogens is 3. The van der Waals surface area contributed by atoms with Gasteiger partial charge in [0.2, 0.25) is 5.91 Å². The molecule has 1 atom stereocenters. The topological polar surface area (TPSA) is 44.7 Å². The summed E-state index contributed by atoms with van der Waals surface area (Å²) < 4.78 is 14.0. The quantitative estimate of drug-likeness (QED) is 0.504. The van der Waals surface area contributed by atoms with Crippen LogP contribution in [0.4, 0.5) is 10.1 Å². The maximum absolute atomic E-state index is 14.0. The molecule has 172 valence electrons. The highest BCUT2D eigenvalue weighted by molar-refractivity contribution is 8.14. The van der Waals surface area contributed by atoms with Gasteiger partial charge in [-0.25, -0.2) is 4.39 Å². The van der Waals surface area contributed by atoms with Crippen molar-refractivity contribution in [3.8, 4) is 0 Å². The van der Waals surface area contributed by atoms with E-state index in [4.69, 9.17) is 16.6 Å². The average molecular weight is 489 g/mol. The number of thioether (sulfide) groups is 1. The molecule has 0 radical (unpaired) electrons. The summed E-state index contributed by atoms with van der Waals surface area (Å²) in [5.74, 6) is 0.242. The Kier molecular flexibility index (Phi) is 9.35. The third-order valence-electron chi connectivity index (χ3n) is 6.48. The van der Waals surface area contributed by atoms with Gasteiger partial charge in [-0.2, -0.15) is 0 Å². The lowest BCUT2D eigenvalue weighted by molar-refractivity contribution is -0.117. The van der Waals surface area contributed by atoms with Crippen LogP contribution in [0.15, 0.2) is 23.2 Å². The van der Waals surface area contributed by atoms with Crippen molar-refractivity contribution in [2.45, 2.75) is 88.8 Å². The maximum atomic E-state index is 14.0. The smallest absolute Gasteiger partial charge is 0.226 e. The minimum atomic E-state index is -0.461. The van der Waals surface area contributed by atoms with E-state index in [-0.39, 0.29) is 30.0 Å². The molecule has 4 nitrogen and oxygen atoms in total. The van der Waals surface area contributed by atoms with E-state index in [1.165, 1.54) is 82.4 Å². The maximum Gasteiger partial charge on any atom is 0.226 e. The Morgan fingerprint density at radius 2 is 1.81 bits per heavy atom. The minimum absolute atomic E-state index is 0. The Balaban J connectivity index is 0.00000272. The number of hydrogen-bond acceptors (Lipinski definition) is 3. The molecule has 8 heteroatoms. The summed E-state index contributed by atoms with van der Waals surface area (Å²) >= 11 is 7.76. The molecule has 3 fully saturated rings. The Labute approximate surface area is 200 Å². The number of anilines is 1.